The van der Waals surface area contributed by atoms with Crippen LogP contribution < -0.4 is 10.2 Å². The highest BCUT2D eigenvalue weighted by molar-refractivity contribution is 7.45. The van der Waals surface area contributed by atoms with Crippen molar-refractivity contribution < 1.29 is 32.9 Å². The molecule has 284 valence electrons. The molecule has 0 rings (SSSR count). The van der Waals surface area contributed by atoms with Gasteiger partial charge in [0, 0.05) is 6.42 Å². The predicted molar refractivity (Wildman–Crippen MR) is 205 cm³/mol. The molecule has 0 aromatic carbocycles. The number of likely N-dealkylation sites (N-methyl/N-ethyl adjacent to an activating group) is 1. The summed E-state index contributed by atoms with van der Waals surface area (Å²) in [6.07, 6.45) is 40.0. The van der Waals surface area contributed by atoms with Crippen molar-refractivity contribution in [1.29, 1.82) is 0 Å². The Morgan fingerprint density at radius 2 is 1.29 bits per heavy atom. The summed E-state index contributed by atoms with van der Waals surface area (Å²) < 4.78 is 23.0. The van der Waals surface area contributed by atoms with Crippen LogP contribution in [0.1, 0.15) is 136 Å². The van der Waals surface area contributed by atoms with Gasteiger partial charge < -0.3 is 28.8 Å². The van der Waals surface area contributed by atoms with Crippen molar-refractivity contribution in [3.05, 3.63) is 60.8 Å². The number of rotatable bonds is 33. The second-order valence-corrected chi connectivity index (χ2v) is 15.3. The monoisotopic (exact) mass is 709 g/mol. The van der Waals surface area contributed by atoms with Crippen molar-refractivity contribution >= 4 is 13.7 Å². The van der Waals surface area contributed by atoms with Gasteiger partial charge in [-0.05, 0) is 71.1 Å². The Hall–Kier alpha value is -1.80. The zero-order valence-electron chi connectivity index (χ0n) is 31.9. The van der Waals surface area contributed by atoms with Crippen LogP contribution in [0.4, 0.5) is 0 Å². The van der Waals surface area contributed by atoms with E-state index in [0.29, 0.717) is 17.4 Å². The van der Waals surface area contributed by atoms with E-state index in [9.17, 15) is 19.4 Å². The van der Waals surface area contributed by atoms with Gasteiger partial charge in [-0.25, -0.2) is 0 Å². The minimum atomic E-state index is -4.59. The molecule has 3 unspecified atom stereocenters. The van der Waals surface area contributed by atoms with Crippen molar-refractivity contribution in [2.45, 2.75) is 148 Å². The molecular weight excluding hydrogens is 635 g/mol. The summed E-state index contributed by atoms with van der Waals surface area (Å²) in [7, 11) is 1.21. The van der Waals surface area contributed by atoms with Crippen LogP contribution in [0.3, 0.4) is 0 Å². The number of phosphoric ester groups is 1. The number of hydrogen-bond acceptors (Lipinski definition) is 6. The Balaban J connectivity index is 4.47. The van der Waals surface area contributed by atoms with Gasteiger partial charge in [-0.15, -0.1) is 0 Å². The maximum Gasteiger partial charge on any atom is 0.268 e. The highest BCUT2D eigenvalue weighted by atomic mass is 31.2. The van der Waals surface area contributed by atoms with Crippen LogP contribution in [-0.4, -0.2) is 68.5 Å². The third kappa shape index (κ3) is 34.4. The number of carbonyl (C=O) groups is 1. The minimum absolute atomic E-state index is 0.0137. The molecule has 0 heterocycles. The predicted octanol–water partition coefficient (Wildman–Crippen LogP) is 9.27. The number of aliphatic hydroxyl groups is 1. The second-order valence-electron chi connectivity index (χ2n) is 13.9. The zero-order valence-corrected chi connectivity index (χ0v) is 32.8. The molecule has 8 nitrogen and oxygen atoms in total. The quantitative estimate of drug-likeness (QED) is 0.0305. The van der Waals surface area contributed by atoms with Crippen LogP contribution in [0.5, 0.6) is 0 Å². The maximum atomic E-state index is 12.8. The number of phosphoric acid groups is 1. The molecule has 0 aliphatic carbocycles. The molecular formula is C40H73N2O6P. The molecule has 0 aromatic rings. The maximum absolute atomic E-state index is 12.8. The van der Waals surface area contributed by atoms with Gasteiger partial charge in [0.25, 0.3) is 7.82 Å². The summed E-state index contributed by atoms with van der Waals surface area (Å²) in [6, 6.07) is -0.912. The number of carbonyl (C=O) groups excluding carboxylic acids is 1. The van der Waals surface area contributed by atoms with Gasteiger partial charge in [0.15, 0.2) is 0 Å². The summed E-state index contributed by atoms with van der Waals surface area (Å²) in [5.74, 6) is -0.227. The highest BCUT2D eigenvalue weighted by Gasteiger charge is 2.23. The normalized spacial score (nSPS) is 15.3. The smallest absolute Gasteiger partial charge is 0.268 e. The average molecular weight is 709 g/mol. The first-order chi connectivity index (χ1) is 23.5. The van der Waals surface area contributed by atoms with Gasteiger partial charge in [0.05, 0.1) is 39.9 Å². The average Bonchev–Trinajstić information content (AvgIpc) is 3.04. The van der Waals surface area contributed by atoms with Crippen molar-refractivity contribution in [2.24, 2.45) is 0 Å². The Morgan fingerprint density at radius 1 is 0.755 bits per heavy atom. The van der Waals surface area contributed by atoms with Crippen LogP contribution in [0.15, 0.2) is 60.8 Å². The van der Waals surface area contributed by atoms with Crippen molar-refractivity contribution in [1.82, 2.24) is 5.32 Å². The minimum Gasteiger partial charge on any atom is -0.756 e. The number of nitrogens with zero attached hydrogens (tertiary/aromatic N) is 1. The lowest BCUT2D eigenvalue weighted by atomic mass is 10.1. The summed E-state index contributed by atoms with van der Waals surface area (Å²) in [5, 5.41) is 13.6. The fourth-order valence-corrected chi connectivity index (χ4v) is 5.65. The number of hydrogen-bond donors (Lipinski definition) is 2. The number of unbranched alkanes of at least 4 members (excludes halogenated alkanes) is 13. The number of nitrogens with one attached hydrogen (secondary N) is 1. The third-order valence-electron chi connectivity index (χ3n) is 8.02. The first-order valence-corrected chi connectivity index (χ1v) is 20.6. The van der Waals surface area contributed by atoms with E-state index in [2.05, 4.69) is 54.8 Å². The Morgan fingerprint density at radius 3 is 1.88 bits per heavy atom. The van der Waals surface area contributed by atoms with E-state index in [-0.39, 0.29) is 12.5 Å². The first kappa shape index (κ1) is 47.2. The van der Waals surface area contributed by atoms with E-state index in [1.54, 1.807) is 6.08 Å². The summed E-state index contributed by atoms with van der Waals surface area (Å²) in [6.45, 7) is 4.32. The Kier molecular flexibility index (Phi) is 31.0. The molecule has 3 atom stereocenters. The number of allylic oxidation sites excluding steroid dienone is 9. The summed E-state index contributed by atoms with van der Waals surface area (Å²) >= 11 is 0. The second kappa shape index (κ2) is 32.1. The largest absolute Gasteiger partial charge is 0.756 e. The van der Waals surface area contributed by atoms with Gasteiger partial charge in [-0.3, -0.25) is 9.36 Å². The van der Waals surface area contributed by atoms with E-state index < -0.39 is 26.6 Å². The van der Waals surface area contributed by atoms with Gasteiger partial charge in [0.1, 0.15) is 13.2 Å². The van der Waals surface area contributed by atoms with Gasteiger partial charge >= 0.3 is 0 Å². The standard InChI is InChI=1S/C40H73N2O6P/c1-6-8-10-12-14-16-17-18-19-20-21-22-23-24-26-28-30-32-34-40(44)41-38(37-48-49(45,46)47-36-35-42(3,4)5)39(43)33-31-29-27-25-15-13-11-9-7-2/h7,9,15-17,19-20,25,31,33,38-39,43H,6,8,10-14,18,21-24,26-30,32,34-37H2,1-5H3,(H-,41,44,45,46)/b9-7+,17-16-,20-19-,25-15+,33-31+. The van der Waals surface area contributed by atoms with Gasteiger partial charge in [-0.1, -0.05) is 119 Å². The molecule has 9 heteroatoms. The fraction of sp³-hybridized carbons (Fsp3) is 0.725. The first-order valence-electron chi connectivity index (χ1n) is 19.1. The van der Waals surface area contributed by atoms with E-state index >= 15 is 0 Å². The van der Waals surface area contributed by atoms with Crippen LogP contribution in [-0.2, 0) is 18.4 Å². The fourth-order valence-electron chi connectivity index (χ4n) is 4.92. The lowest BCUT2D eigenvalue weighted by molar-refractivity contribution is -0.870. The number of quaternary nitrogens is 1. The van der Waals surface area contributed by atoms with Crippen LogP contribution >= 0.6 is 7.82 Å². The molecule has 0 aliphatic rings. The third-order valence-corrected chi connectivity index (χ3v) is 8.99. The topological polar surface area (TPSA) is 108 Å². The molecule has 1 amide bonds. The molecule has 0 aromatic heterocycles. The SMILES string of the molecule is C/C=C/CC/C=C/CC/C=C/C(O)C(COP(=O)([O-])OCC[N+](C)(C)C)NC(=O)CCCCCCCCC/C=C\C/C=C\CCCCCC. The van der Waals surface area contributed by atoms with E-state index in [4.69, 9.17) is 9.05 Å². The number of aliphatic hydroxyl groups excluding tert-OH is 1. The van der Waals surface area contributed by atoms with Crippen molar-refractivity contribution in [3.63, 3.8) is 0 Å². The Bertz CT molecular complexity index is 986. The van der Waals surface area contributed by atoms with Crippen molar-refractivity contribution in [3.8, 4) is 0 Å². The van der Waals surface area contributed by atoms with Crippen molar-refractivity contribution in [2.75, 3.05) is 40.9 Å². The van der Waals surface area contributed by atoms with Crippen LogP contribution in [0.2, 0.25) is 0 Å². The van der Waals surface area contributed by atoms with E-state index in [0.717, 1.165) is 64.2 Å². The molecule has 0 fully saturated rings. The lowest BCUT2D eigenvalue weighted by Crippen LogP contribution is -2.45. The summed E-state index contributed by atoms with van der Waals surface area (Å²) in [4.78, 5) is 25.1. The molecule has 0 radical (unpaired) electrons. The van der Waals surface area contributed by atoms with Crippen LogP contribution in [0.25, 0.3) is 0 Å². The number of amides is 1. The lowest BCUT2D eigenvalue weighted by Gasteiger charge is -2.29. The Labute approximate surface area is 301 Å². The van der Waals surface area contributed by atoms with Crippen LogP contribution in [0, 0.1) is 0 Å². The molecule has 0 spiro atoms. The molecule has 49 heavy (non-hydrogen) atoms. The van der Waals surface area contributed by atoms with E-state index in [1.165, 1.54) is 51.4 Å². The van der Waals surface area contributed by atoms with E-state index in [1.807, 2.05) is 40.2 Å². The summed E-state index contributed by atoms with van der Waals surface area (Å²) in [5.41, 5.74) is 0. The molecule has 0 aliphatic heterocycles. The van der Waals surface area contributed by atoms with Gasteiger partial charge in [0.2, 0.25) is 5.91 Å². The molecule has 0 bridgehead atoms. The molecule has 0 saturated heterocycles. The zero-order chi connectivity index (χ0) is 36.5. The molecule has 2 N–H and O–H groups in total. The highest BCUT2D eigenvalue weighted by Crippen LogP contribution is 2.38. The molecule has 0 saturated carbocycles. The van der Waals surface area contributed by atoms with Gasteiger partial charge in [-0.2, -0.15) is 0 Å².